The van der Waals surface area contributed by atoms with Crippen LogP contribution in [0.15, 0.2) is 65.1 Å². The quantitative estimate of drug-likeness (QED) is 0.395. The highest BCUT2D eigenvalue weighted by atomic mass is 32.2. The van der Waals surface area contributed by atoms with Gasteiger partial charge in [-0.3, -0.25) is 14.0 Å². The molecular weight excluding hydrogens is 492 g/mol. The number of sulfone groups is 1. The van der Waals surface area contributed by atoms with Gasteiger partial charge in [0.15, 0.2) is 9.84 Å². The van der Waals surface area contributed by atoms with Crippen molar-refractivity contribution in [1.82, 2.24) is 14.7 Å². The third-order valence-corrected chi connectivity index (χ3v) is 8.44. The summed E-state index contributed by atoms with van der Waals surface area (Å²) in [4.78, 5) is 35.3. The van der Waals surface area contributed by atoms with Crippen LogP contribution in [0, 0.1) is 11.3 Å². The van der Waals surface area contributed by atoms with Crippen LogP contribution in [0.2, 0.25) is 0 Å². The van der Waals surface area contributed by atoms with E-state index in [1.807, 2.05) is 29.2 Å². The lowest BCUT2D eigenvalue weighted by Crippen LogP contribution is -2.47. The van der Waals surface area contributed by atoms with Crippen molar-refractivity contribution in [2.75, 3.05) is 47.5 Å². The molecule has 0 saturated carbocycles. The van der Waals surface area contributed by atoms with E-state index >= 15 is 0 Å². The first-order chi connectivity index (χ1) is 17.8. The minimum absolute atomic E-state index is 0.00139. The van der Waals surface area contributed by atoms with Crippen LogP contribution in [-0.4, -0.2) is 67.4 Å². The van der Waals surface area contributed by atoms with E-state index in [0.29, 0.717) is 44.1 Å². The average molecular weight is 519 g/mol. The Balaban J connectivity index is 1.47. The minimum Gasteiger partial charge on any atom is -0.368 e. The van der Waals surface area contributed by atoms with Gasteiger partial charge >= 0.3 is 0 Å². The highest BCUT2D eigenvalue weighted by molar-refractivity contribution is 7.91. The van der Waals surface area contributed by atoms with Gasteiger partial charge in [-0.1, -0.05) is 24.3 Å². The number of rotatable bonds is 5. The maximum Gasteiger partial charge on any atom is 0.267 e. The highest BCUT2D eigenvalue weighted by Crippen LogP contribution is 2.23. The Labute approximate surface area is 214 Å². The van der Waals surface area contributed by atoms with Gasteiger partial charge in [-0.05, 0) is 36.8 Å². The zero-order chi connectivity index (χ0) is 26.0. The number of para-hydroxylation sites is 1. The van der Waals surface area contributed by atoms with Crippen molar-refractivity contribution < 1.29 is 13.2 Å². The molecule has 1 amide bonds. The number of nitrogens with zero attached hydrogens (tertiary/aromatic N) is 5. The summed E-state index contributed by atoms with van der Waals surface area (Å²) >= 11 is 0. The number of amides is 1. The Morgan fingerprint density at radius 2 is 1.76 bits per heavy atom. The largest absolute Gasteiger partial charge is 0.368 e. The molecule has 1 atom stereocenters. The second-order valence-corrected chi connectivity index (χ2v) is 11.4. The molecule has 0 radical (unpaired) electrons. The van der Waals surface area contributed by atoms with Crippen molar-refractivity contribution in [2.24, 2.45) is 0 Å². The summed E-state index contributed by atoms with van der Waals surface area (Å²) in [6.45, 7) is 2.62. The number of nitriles is 1. The van der Waals surface area contributed by atoms with Gasteiger partial charge in [0.2, 0.25) is 0 Å². The number of carbonyl (C=O) groups is 1. The van der Waals surface area contributed by atoms with Crippen molar-refractivity contribution >= 4 is 39.0 Å². The smallest absolute Gasteiger partial charge is 0.267 e. The first kappa shape index (κ1) is 24.5. The van der Waals surface area contributed by atoms with E-state index in [-0.39, 0.29) is 22.6 Å². The molecule has 11 heteroatoms. The summed E-state index contributed by atoms with van der Waals surface area (Å²) in [5, 5.41) is 12.4. The molecule has 10 nitrogen and oxygen atoms in total. The molecule has 0 aliphatic carbocycles. The topological polar surface area (TPSA) is 128 Å². The van der Waals surface area contributed by atoms with Crippen LogP contribution in [-0.2, 0) is 14.6 Å². The maximum atomic E-state index is 13.5. The molecule has 1 aromatic carbocycles. The van der Waals surface area contributed by atoms with Crippen molar-refractivity contribution in [3.63, 3.8) is 0 Å². The molecule has 1 N–H and O–H groups in total. The summed E-state index contributed by atoms with van der Waals surface area (Å²) < 4.78 is 24.9. The van der Waals surface area contributed by atoms with Crippen LogP contribution < -0.4 is 20.7 Å². The second-order valence-electron chi connectivity index (χ2n) is 9.14. The standard InChI is InChI=1S/C26H26N6O4S/c27-17-19(25(33)28-20-9-15-37(35,36)18-20)16-22-24(29-23-8-4-5-10-32(23)26(22)34)31-13-11-30(12-14-31)21-6-2-1-3-7-21/h1-8,10,16,20H,9,11-15,18H2,(H,28,33)/b19-16+/t20-/m1/s1. The van der Waals surface area contributed by atoms with Crippen molar-refractivity contribution in [3.05, 3.63) is 76.2 Å². The molecular formula is C26H26N6O4S. The van der Waals surface area contributed by atoms with Crippen LogP contribution >= 0.6 is 0 Å². The van der Waals surface area contributed by atoms with E-state index in [0.717, 1.165) is 5.69 Å². The molecule has 2 fully saturated rings. The highest BCUT2D eigenvalue weighted by Gasteiger charge is 2.30. The van der Waals surface area contributed by atoms with Crippen LogP contribution in [0.4, 0.5) is 11.5 Å². The SMILES string of the molecule is N#C/C(=C\c1c(N2CCN(c3ccccc3)CC2)nc2ccccn2c1=O)C(=O)N[C@@H]1CCS(=O)(=O)C1. The van der Waals surface area contributed by atoms with Gasteiger partial charge in [0.25, 0.3) is 11.5 Å². The van der Waals surface area contributed by atoms with Crippen molar-refractivity contribution in [2.45, 2.75) is 12.5 Å². The lowest BCUT2D eigenvalue weighted by molar-refractivity contribution is -0.117. The van der Waals surface area contributed by atoms with E-state index in [4.69, 9.17) is 4.98 Å². The Bertz CT molecular complexity index is 1570. The number of aromatic nitrogens is 2. The van der Waals surface area contributed by atoms with Gasteiger partial charge in [-0.15, -0.1) is 0 Å². The fraction of sp³-hybridized carbons (Fsp3) is 0.308. The third kappa shape index (κ3) is 5.20. The predicted octanol–water partition coefficient (Wildman–Crippen LogP) is 1.23. The number of benzene rings is 1. The number of hydrogen-bond donors (Lipinski definition) is 1. The predicted molar refractivity (Wildman–Crippen MR) is 141 cm³/mol. The normalized spacial score (nSPS) is 19.5. The number of anilines is 2. The second kappa shape index (κ2) is 10.1. The van der Waals surface area contributed by atoms with E-state index in [2.05, 4.69) is 22.3 Å². The monoisotopic (exact) mass is 518 g/mol. The molecule has 4 heterocycles. The van der Waals surface area contributed by atoms with E-state index in [9.17, 15) is 23.3 Å². The molecule has 37 heavy (non-hydrogen) atoms. The van der Waals surface area contributed by atoms with Gasteiger partial charge in [0, 0.05) is 44.1 Å². The number of piperazine rings is 1. The molecule has 0 spiro atoms. The summed E-state index contributed by atoms with van der Waals surface area (Å²) in [7, 11) is -3.20. The fourth-order valence-corrected chi connectivity index (χ4v) is 6.41. The third-order valence-electron chi connectivity index (χ3n) is 6.67. The first-order valence-corrected chi connectivity index (χ1v) is 13.9. The molecule has 2 aliphatic heterocycles. The lowest BCUT2D eigenvalue weighted by atomic mass is 10.1. The summed E-state index contributed by atoms with van der Waals surface area (Å²) in [5.74, 6) is -0.456. The van der Waals surface area contributed by atoms with E-state index in [1.54, 1.807) is 24.4 Å². The van der Waals surface area contributed by atoms with Crippen molar-refractivity contribution in [3.8, 4) is 6.07 Å². The molecule has 2 aliphatic rings. The van der Waals surface area contributed by atoms with Crippen LogP contribution in [0.25, 0.3) is 11.7 Å². The van der Waals surface area contributed by atoms with Crippen LogP contribution in [0.3, 0.4) is 0 Å². The average Bonchev–Trinajstić information content (AvgIpc) is 3.26. The molecule has 0 bridgehead atoms. The fourth-order valence-electron chi connectivity index (χ4n) is 4.74. The lowest BCUT2D eigenvalue weighted by Gasteiger charge is -2.37. The maximum absolute atomic E-state index is 13.5. The van der Waals surface area contributed by atoms with Crippen molar-refractivity contribution in [1.29, 1.82) is 5.26 Å². The van der Waals surface area contributed by atoms with Gasteiger partial charge < -0.3 is 15.1 Å². The zero-order valence-corrected chi connectivity index (χ0v) is 20.9. The molecule has 2 aromatic heterocycles. The number of nitrogens with one attached hydrogen (secondary N) is 1. The van der Waals surface area contributed by atoms with Crippen LogP contribution in [0.1, 0.15) is 12.0 Å². The number of carbonyl (C=O) groups excluding carboxylic acids is 1. The molecule has 3 aromatic rings. The van der Waals surface area contributed by atoms with Gasteiger partial charge in [0.1, 0.15) is 23.1 Å². The summed E-state index contributed by atoms with van der Waals surface area (Å²) in [6, 6.07) is 16.6. The van der Waals surface area contributed by atoms with Gasteiger partial charge in [-0.2, -0.15) is 5.26 Å². The molecule has 5 rings (SSSR count). The summed E-state index contributed by atoms with van der Waals surface area (Å²) in [6.07, 6.45) is 3.16. The Morgan fingerprint density at radius 1 is 1.05 bits per heavy atom. The Hall–Kier alpha value is -4.17. The minimum atomic E-state index is -3.20. The van der Waals surface area contributed by atoms with E-state index in [1.165, 1.54) is 10.5 Å². The van der Waals surface area contributed by atoms with Gasteiger partial charge in [-0.25, -0.2) is 13.4 Å². The van der Waals surface area contributed by atoms with Gasteiger partial charge in [0.05, 0.1) is 17.1 Å². The number of pyridine rings is 1. The number of fused-ring (bicyclic) bond motifs is 1. The van der Waals surface area contributed by atoms with E-state index < -0.39 is 27.3 Å². The first-order valence-electron chi connectivity index (χ1n) is 12.0. The molecule has 2 saturated heterocycles. The Kier molecular flexibility index (Phi) is 6.67. The molecule has 0 unspecified atom stereocenters. The summed E-state index contributed by atoms with van der Waals surface area (Å²) in [5.41, 5.74) is 1.05. The Morgan fingerprint density at radius 3 is 2.43 bits per heavy atom. The zero-order valence-electron chi connectivity index (χ0n) is 20.1. The van der Waals surface area contributed by atoms with Crippen LogP contribution in [0.5, 0.6) is 0 Å². The molecule has 190 valence electrons. The number of hydrogen-bond acceptors (Lipinski definition) is 8.